The molecule has 1 atom stereocenters. The van der Waals surface area contributed by atoms with Crippen LogP contribution in [-0.4, -0.2) is 27.7 Å². The van der Waals surface area contributed by atoms with Crippen molar-refractivity contribution in [3.8, 4) is 5.75 Å². The average Bonchev–Trinajstić information content (AvgIpc) is 2.90. The summed E-state index contributed by atoms with van der Waals surface area (Å²) in [6, 6.07) is 8.22. The Morgan fingerprint density at radius 1 is 1.33 bits per heavy atom. The van der Waals surface area contributed by atoms with Crippen LogP contribution in [-0.2, 0) is 0 Å². The van der Waals surface area contributed by atoms with Crippen LogP contribution in [0.3, 0.4) is 0 Å². The normalized spacial score (nSPS) is 12.7. The molecule has 0 bridgehead atoms. The van der Waals surface area contributed by atoms with Crippen LogP contribution in [0.15, 0.2) is 39.8 Å². The number of nitrogens with zero attached hydrogens (tertiary/aromatic N) is 2. The lowest BCUT2D eigenvalue weighted by molar-refractivity contribution is 0.184. The van der Waals surface area contributed by atoms with Gasteiger partial charge in [-0.05, 0) is 38.1 Å². The van der Waals surface area contributed by atoms with Crippen LogP contribution in [0.4, 0.5) is 0 Å². The lowest BCUT2D eigenvalue weighted by Gasteiger charge is -2.17. The molecule has 0 aliphatic carbocycles. The van der Waals surface area contributed by atoms with Gasteiger partial charge in [-0.3, -0.25) is 4.68 Å². The number of aromatic nitrogens is 2. The number of hydrogen-bond donors (Lipinski definition) is 1. The molecule has 0 aliphatic heterocycles. The highest BCUT2D eigenvalue weighted by atomic mass is 79.9. The van der Waals surface area contributed by atoms with Crippen LogP contribution in [0.25, 0.3) is 0 Å². The maximum Gasteiger partial charge on any atom is 0.162 e. The highest BCUT2D eigenvalue weighted by Gasteiger charge is 2.21. The maximum atomic E-state index is 10.5. The molecular formula is C15H19BrN2O2S. The van der Waals surface area contributed by atoms with E-state index >= 15 is 0 Å². The molecule has 6 heteroatoms. The third kappa shape index (κ3) is 4.02. The van der Waals surface area contributed by atoms with Gasteiger partial charge in [0.15, 0.2) is 5.75 Å². The lowest BCUT2D eigenvalue weighted by atomic mass is 10.2. The first-order chi connectivity index (χ1) is 10.0. The number of aliphatic hydroxyl groups excluding tert-OH is 1. The smallest absolute Gasteiger partial charge is 0.162 e. The Hall–Kier alpha value is -0.980. The minimum absolute atomic E-state index is 0.177. The molecule has 0 amide bonds. The molecule has 1 aromatic heterocycles. The van der Waals surface area contributed by atoms with Gasteiger partial charge in [-0.15, -0.1) is 11.8 Å². The monoisotopic (exact) mass is 370 g/mol. The summed E-state index contributed by atoms with van der Waals surface area (Å²) in [7, 11) is 1.60. The first kappa shape index (κ1) is 16.4. The number of thioether (sulfide) groups is 1. The van der Waals surface area contributed by atoms with Crippen molar-refractivity contribution in [2.24, 2.45) is 0 Å². The molecule has 1 aromatic carbocycles. The molecule has 1 N–H and O–H groups in total. The molecule has 0 radical (unpaired) electrons. The van der Waals surface area contributed by atoms with E-state index in [4.69, 9.17) is 4.74 Å². The van der Waals surface area contributed by atoms with Crippen LogP contribution in [0.5, 0.6) is 5.75 Å². The van der Waals surface area contributed by atoms with Crippen LogP contribution >= 0.6 is 27.7 Å². The van der Waals surface area contributed by atoms with E-state index in [9.17, 15) is 5.11 Å². The average molecular weight is 371 g/mol. The first-order valence-electron chi connectivity index (χ1n) is 6.70. The van der Waals surface area contributed by atoms with E-state index in [2.05, 4.69) is 21.0 Å². The van der Waals surface area contributed by atoms with E-state index in [0.29, 0.717) is 11.5 Å². The SMILES string of the molecule is COc1cnn(C(C)C)c1C(O)CSc1ccc(Br)cc1. The standard InChI is InChI=1S/C15H19BrN2O2S/c1-10(2)18-15(14(20-3)8-17-18)13(19)9-21-12-6-4-11(16)5-7-12/h4-8,10,13,19H,9H2,1-3H3. The van der Waals surface area contributed by atoms with E-state index in [0.717, 1.165) is 15.1 Å². The van der Waals surface area contributed by atoms with Crippen LogP contribution in [0.2, 0.25) is 0 Å². The summed E-state index contributed by atoms with van der Waals surface area (Å²) in [5, 5.41) is 14.8. The van der Waals surface area contributed by atoms with Crippen molar-refractivity contribution in [3.05, 3.63) is 40.6 Å². The van der Waals surface area contributed by atoms with E-state index in [1.807, 2.05) is 42.8 Å². The molecule has 2 rings (SSSR count). The summed E-state index contributed by atoms with van der Waals surface area (Å²) in [5.41, 5.74) is 0.733. The molecule has 4 nitrogen and oxygen atoms in total. The van der Waals surface area contributed by atoms with Crippen molar-refractivity contribution < 1.29 is 9.84 Å². The second kappa shape index (κ2) is 7.33. The Morgan fingerprint density at radius 2 is 2.00 bits per heavy atom. The van der Waals surface area contributed by atoms with Crippen molar-refractivity contribution in [2.45, 2.75) is 30.9 Å². The third-order valence-electron chi connectivity index (χ3n) is 3.04. The molecule has 0 saturated heterocycles. The van der Waals surface area contributed by atoms with Crippen molar-refractivity contribution in [3.63, 3.8) is 0 Å². The number of ether oxygens (including phenoxy) is 1. The molecule has 1 unspecified atom stereocenters. The topological polar surface area (TPSA) is 47.3 Å². The minimum Gasteiger partial charge on any atom is -0.493 e. The summed E-state index contributed by atoms with van der Waals surface area (Å²) >= 11 is 5.02. The van der Waals surface area contributed by atoms with Gasteiger partial charge in [0, 0.05) is 21.2 Å². The van der Waals surface area contributed by atoms with E-state index in [1.165, 1.54) is 0 Å². The second-order valence-electron chi connectivity index (χ2n) is 4.92. The number of rotatable bonds is 6. The van der Waals surface area contributed by atoms with Gasteiger partial charge in [-0.2, -0.15) is 5.10 Å². The quantitative estimate of drug-likeness (QED) is 0.778. The van der Waals surface area contributed by atoms with E-state index in [-0.39, 0.29) is 6.04 Å². The molecule has 0 saturated carbocycles. The fourth-order valence-electron chi connectivity index (χ4n) is 2.03. The van der Waals surface area contributed by atoms with E-state index < -0.39 is 6.10 Å². The highest BCUT2D eigenvalue weighted by molar-refractivity contribution is 9.10. The number of hydrogen-bond acceptors (Lipinski definition) is 4. The van der Waals surface area contributed by atoms with Gasteiger partial charge in [-0.1, -0.05) is 15.9 Å². The van der Waals surface area contributed by atoms with Crippen LogP contribution in [0, 0.1) is 0 Å². The second-order valence-corrected chi connectivity index (χ2v) is 6.93. The first-order valence-corrected chi connectivity index (χ1v) is 8.48. The van der Waals surface area contributed by atoms with Gasteiger partial charge < -0.3 is 9.84 Å². The highest BCUT2D eigenvalue weighted by Crippen LogP contribution is 2.32. The Bertz CT molecular complexity index is 584. The molecule has 21 heavy (non-hydrogen) atoms. The number of aliphatic hydroxyl groups is 1. The molecule has 1 heterocycles. The van der Waals surface area contributed by atoms with Crippen molar-refractivity contribution >= 4 is 27.7 Å². The molecule has 0 spiro atoms. The fourth-order valence-corrected chi connectivity index (χ4v) is 3.13. The zero-order chi connectivity index (χ0) is 15.4. The third-order valence-corrected chi connectivity index (χ3v) is 4.66. The van der Waals surface area contributed by atoms with Crippen molar-refractivity contribution in [2.75, 3.05) is 12.9 Å². The van der Waals surface area contributed by atoms with Crippen molar-refractivity contribution in [1.82, 2.24) is 9.78 Å². The van der Waals surface area contributed by atoms with E-state index in [1.54, 1.807) is 25.1 Å². The van der Waals surface area contributed by atoms with Gasteiger partial charge in [0.2, 0.25) is 0 Å². The lowest BCUT2D eigenvalue weighted by Crippen LogP contribution is -2.13. The zero-order valence-electron chi connectivity index (χ0n) is 12.3. The van der Waals surface area contributed by atoms with Crippen molar-refractivity contribution in [1.29, 1.82) is 0 Å². The molecule has 0 aliphatic rings. The molecular weight excluding hydrogens is 352 g/mol. The van der Waals surface area contributed by atoms with Crippen LogP contribution < -0.4 is 4.74 Å². The molecule has 2 aromatic rings. The summed E-state index contributed by atoms with van der Waals surface area (Å²) in [4.78, 5) is 1.12. The largest absolute Gasteiger partial charge is 0.493 e. The molecule has 0 fully saturated rings. The fraction of sp³-hybridized carbons (Fsp3) is 0.400. The Morgan fingerprint density at radius 3 is 2.57 bits per heavy atom. The number of methoxy groups -OCH3 is 1. The predicted molar refractivity (Wildman–Crippen MR) is 89.0 cm³/mol. The summed E-state index contributed by atoms with van der Waals surface area (Å²) in [6.07, 6.45) is 1.03. The Balaban J connectivity index is 2.11. The van der Waals surface area contributed by atoms with Gasteiger partial charge >= 0.3 is 0 Å². The zero-order valence-corrected chi connectivity index (χ0v) is 14.7. The van der Waals surface area contributed by atoms with Gasteiger partial charge in [-0.25, -0.2) is 0 Å². The predicted octanol–water partition coefficient (Wildman–Crippen LogP) is 4.06. The van der Waals surface area contributed by atoms with Gasteiger partial charge in [0.1, 0.15) is 11.8 Å². The van der Waals surface area contributed by atoms with Gasteiger partial charge in [0.25, 0.3) is 0 Å². The maximum absolute atomic E-state index is 10.5. The van der Waals surface area contributed by atoms with Crippen LogP contribution in [0.1, 0.15) is 31.7 Å². The number of benzene rings is 1. The summed E-state index contributed by atoms with van der Waals surface area (Å²) < 4.78 is 8.17. The minimum atomic E-state index is -0.626. The molecule has 114 valence electrons. The van der Waals surface area contributed by atoms with Gasteiger partial charge in [0.05, 0.1) is 13.3 Å². The summed E-state index contributed by atoms with van der Waals surface area (Å²) in [6.45, 7) is 4.06. The number of halogens is 1. The summed E-state index contributed by atoms with van der Waals surface area (Å²) in [5.74, 6) is 1.18. The Labute approximate surface area is 137 Å². The Kier molecular flexibility index (Phi) is 5.72.